The van der Waals surface area contributed by atoms with Crippen LogP contribution in [0.25, 0.3) is 0 Å². The molecule has 1 atom stereocenters. The van der Waals surface area contributed by atoms with Crippen molar-refractivity contribution in [2.24, 2.45) is 0 Å². The molecule has 2 aliphatic heterocycles. The van der Waals surface area contributed by atoms with Crippen LogP contribution in [0, 0.1) is 0 Å². The summed E-state index contributed by atoms with van der Waals surface area (Å²) in [5, 5.41) is 14.9. The van der Waals surface area contributed by atoms with E-state index in [4.69, 9.17) is 11.6 Å². The molecule has 0 amide bonds. The van der Waals surface area contributed by atoms with Crippen molar-refractivity contribution in [2.45, 2.75) is 49.8 Å². The molecular weight excluding hydrogens is 269 g/mol. The fraction of sp³-hybridized carbons (Fsp3) is 0.571. The van der Waals surface area contributed by atoms with Crippen LogP contribution in [-0.4, -0.2) is 16.2 Å². The number of hydrogen-bond acceptors (Lipinski definition) is 2. The second-order valence-corrected chi connectivity index (χ2v) is 6.17. The van der Waals surface area contributed by atoms with E-state index in [1.54, 1.807) is 0 Å². The van der Waals surface area contributed by atoms with E-state index in [-0.39, 0.29) is 23.5 Å². The van der Waals surface area contributed by atoms with Crippen molar-refractivity contribution >= 4 is 24.0 Å². The summed E-state index contributed by atoms with van der Waals surface area (Å²) in [6, 6.07) is 7.61. The fourth-order valence-corrected chi connectivity index (χ4v) is 3.67. The quantitative estimate of drug-likeness (QED) is 0.873. The van der Waals surface area contributed by atoms with Gasteiger partial charge in [-0.25, -0.2) is 0 Å². The van der Waals surface area contributed by atoms with Crippen molar-refractivity contribution < 1.29 is 5.11 Å². The van der Waals surface area contributed by atoms with Crippen molar-refractivity contribution in [1.82, 2.24) is 5.32 Å². The number of nitrogens with one attached hydrogen (secondary N) is 1. The largest absolute Gasteiger partial charge is 0.386 e. The maximum Gasteiger partial charge on any atom is 0.0986 e. The number of hydrogen-bond donors (Lipinski definition) is 2. The van der Waals surface area contributed by atoms with Gasteiger partial charge in [0.1, 0.15) is 0 Å². The molecule has 100 valence electrons. The summed E-state index contributed by atoms with van der Waals surface area (Å²) in [5.41, 5.74) is 0.926. The summed E-state index contributed by atoms with van der Waals surface area (Å²) in [7, 11) is 0. The Balaban J connectivity index is 0.00000120. The molecule has 3 rings (SSSR count). The van der Waals surface area contributed by atoms with Gasteiger partial charge in [0, 0.05) is 21.7 Å². The third-order valence-electron chi connectivity index (χ3n) is 4.52. The first-order chi connectivity index (χ1) is 8.05. The van der Waals surface area contributed by atoms with Gasteiger partial charge in [-0.05, 0) is 38.7 Å². The van der Waals surface area contributed by atoms with E-state index in [0.717, 1.165) is 31.2 Å². The highest BCUT2D eigenvalue weighted by Gasteiger charge is 2.55. The Kier molecular flexibility index (Phi) is 3.67. The number of halogens is 2. The van der Waals surface area contributed by atoms with Gasteiger partial charge >= 0.3 is 0 Å². The van der Waals surface area contributed by atoms with Crippen molar-refractivity contribution in [2.75, 3.05) is 0 Å². The smallest absolute Gasteiger partial charge is 0.0986 e. The predicted octanol–water partition coefficient (Wildman–Crippen LogP) is 3.47. The molecule has 0 saturated carbocycles. The van der Waals surface area contributed by atoms with Crippen LogP contribution in [-0.2, 0) is 0 Å². The molecule has 2 N–H and O–H groups in total. The molecule has 2 saturated heterocycles. The zero-order valence-corrected chi connectivity index (χ0v) is 12.0. The molecule has 4 heteroatoms. The van der Waals surface area contributed by atoms with E-state index in [1.165, 1.54) is 0 Å². The Morgan fingerprint density at radius 2 is 1.83 bits per heavy atom. The van der Waals surface area contributed by atoms with Gasteiger partial charge in [0.25, 0.3) is 0 Å². The van der Waals surface area contributed by atoms with Gasteiger partial charge in [0.2, 0.25) is 0 Å². The second-order valence-electron chi connectivity index (χ2n) is 5.77. The Bertz CT molecular complexity index is 441. The molecule has 0 unspecified atom stereocenters. The van der Waals surface area contributed by atoms with E-state index >= 15 is 0 Å². The minimum atomic E-state index is -0.500. The zero-order chi connectivity index (χ0) is 12.1. The number of aliphatic hydroxyl groups excluding tert-OH is 1. The van der Waals surface area contributed by atoms with E-state index < -0.39 is 6.10 Å². The number of benzene rings is 1. The monoisotopic (exact) mass is 287 g/mol. The van der Waals surface area contributed by atoms with Gasteiger partial charge in [-0.1, -0.05) is 29.8 Å². The number of rotatable bonds is 2. The molecule has 1 aromatic carbocycles. The average molecular weight is 288 g/mol. The lowest BCUT2D eigenvalue weighted by atomic mass is 9.78. The lowest BCUT2D eigenvalue weighted by Gasteiger charge is -2.32. The predicted molar refractivity (Wildman–Crippen MR) is 76.4 cm³/mol. The lowest BCUT2D eigenvalue weighted by Crippen LogP contribution is -2.45. The molecule has 2 fully saturated rings. The summed E-state index contributed by atoms with van der Waals surface area (Å²) >= 11 is 6.18. The average Bonchev–Trinajstić information content (AvgIpc) is 2.83. The third-order valence-corrected chi connectivity index (χ3v) is 4.86. The molecule has 0 aromatic heterocycles. The van der Waals surface area contributed by atoms with Gasteiger partial charge in [-0.2, -0.15) is 0 Å². The summed E-state index contributed by atoms with van der Waals surface area (Å²) in [6.45, 7) is 2.25. The van der Waals surface area contributed by atoms with Gasteiger partial charge in [-0.3, -0.25) is 0 Å². The van der Waals surface area contributed by atoms with Crippen LogP contribution < -0.4 is 5.32 Å². The topological polar surface area (TPSA) is 32.3 Å². The maximum atomic E-state index is 10.6. The van der Waals surface area contributed by atoms with Crippen LogP contribution in [0.3, 0.4) is 0 Å². The molecular formula is C14H19Cl2NO. The summed E-state index contributed by atoms with van der Waals surface area (Å²) in [6.07, 6.45) is 3.87. The molecule has 2 aliphatic rings. The second kappa shape index (κ2) is 4.68. The summed E-state index contributed by atoms with van der Waals surface area (Å²) in [5.74, 6) is 0. The SMILES string of the molecule is CC12CCC([C@H](O)c3ccccc3Cl)(CC1)N2.Cl. The van der Waals surface area contributed by atoms with Gasteiger partial charge in [-0.15, -0.1) is 12.4 Å². The highest BCUT2D eigenvalue weighted by Crippen LogP contribution is 2.50. The van der Waals surface area contributed by atoms with Crippen molar-refractivity contribution in [3.8, 4) is 0 Å². The Hall–Kier alpha value is -0.280. The van der Waals surface area contributed by atoms with E-state index in [2.05, 4.69) is 12.2 Å². The highest BCUT2D eigenvalue weighted by atomic mass is 35.5. The summed E-state index contributed by atoms with van der Waals surface area (Å²) < 4.78 is 0. The Morgan fingerprint density at radius 3 is 2.33 bits per heavy atom. The van der Waals surface area contributed by atoms with Crippen molar-refractivity contribution in [3.05, 3.63) is 34.9 Å². The number of aliphatic hydroxyl groups is 1. The van der Waals surface area contributed by atoms with Crippen LogP contribution in [0.2, 0.25) is 5.02 Å². The highest BCUT2D eigenvalue weighted by molar-refractivity contribution is 6.31. The van der Waals surface area contributed by atoms with Crippen LogP contribution in [0.1, 0.15) is 44.3 Å². The fourth-order valence-electron chi connectivity index (χ4n) is 3.44. The molecule has 0 aliphatic carbocycles. The minimum absolute atomic E-state index is 0. The van der Waals surface area contributed by atoms with Gasteiger partial charge < -0.3 is 10.4 Å². The van der Waals surface area contributed by atoms with Crippen molar-refractivity contribution in [1.29, 1.82) is 0 Å². The molecule has 0 spiro atoms. The molecule has 0 radical (unpaired) electrons. The van der Waals surface area contributed by atoms with E-state index in [1.807, 2.05) is 24.3 Å². The third kappa shape index (κ3) is 2.05. The van der Waals surface area contributed by atoms with Crippen molar-refractivity contribution in [3.63, 3.8) is 0 Å². The van der Waals surface area contributed by atoms with Crippen LogP contribution in [0.5, 0.6) is 0 Å². The normalized spacial score (nSPS) is 35.3. The first-order valence-corrected chi connectivity index (χ1v) is 6.64. The summed E-state index contributed by atoms with van der Waals surface area (Å²) in [4.78, 5) is 0. The number of fused-ring (bicyclic) bond motifs is 2. The lowest BCUT2D eigenvalue weighted by molar-refractivity contribution is 0.0738. The Labute approximate surface area is 119 Å². The zero-order valence-electron chi connectivity index (χ0n) is 10.4. The minimum Gasteiger partial charge on any atom is -0.386 e. The van der Waals surface area contributed by atoms with Crippen LogP contribution in [0.4, 0.5) is 0 Å². The molecule has 2 nitrogen and oxygen atoms in total. The van der Waals surface area contributed by atoms with E-state index in [0.29, 0.717) is 5.02 Å². The van der Waals surface area contributed by atoms with Gasteiger partial charge in [0.15, 0.2) is 0 Å². The maximum absolute atomic E-state index is 10.6. The standard InChI is InChI=1S/C14H18ClNO.ClH/c1-13-6-8-14(16-13,9-7-13)12(17)10-4-2-3-5-11(10)15;/h2-5,12,16-17H,6-9H2,1H3;1H/t12-,13?,14?;/m1./s1. The first-order valence-electron chi connectivity index (χ1n) is 6.27. The van der Waals surface area contributed by atoms with Gasteiger partial charge in [0.05, 0.1) is 6.10 Å². The Morgan fingerprint density at radius 1 is 1.22 bits per heavy atom. The van der Waals surface area contributed by atoms with Crippen LogP contribution in [0.15, 0.2) is 24.3 Å². The first kappa shape index (κ1) is 14.1. The molecule has 2 bridgehead atoms. The molecule has 1 aromatic rings. The van der Waals surface area contributed by atoms with Crippen LogP contribution >= 0.6 is 24.0 Å². The molecule has 2 heterocycles. The molecule has 18 heavy (non-hydrogen) atoms. The van der Waals surface area contributed by atoms with E-state index in [9.17, 15) is 5.11 Å².